The van der Waals surface area contributed by atoms with E-state index in [4.69, 9.17) is 15.9 Å². The van der Waals surface area contributed by atoms with Gasteiger partial charge in [-0.15, -0.1) is 0 Å². The molecule has 1 rings (SSSR count). The molecule has 0 amide bonds. The quantitative estimate of drug-likeness (QED) is 0.614. The molecule has 0 fully saturated rings. The number of thioether (sulfide) groups is 1. The Morgan fingerprint density at radius 3 is 2.56 bits per heavy atom. The molecular formula is C14H22N2OS. The molecular weight excluding hydrogens is 244 g/mol. The van der Waals surface area contributed by atoms with Gasteiger partial charge in [0.25, 0.3) is 0 Å². The van der Waals surface area contributed by atoms with Gasteiger partial charge in [-0.05, 0) is 23.6 Å². The van der Waals surface area contributed by atoms with Gasteiger partial charge in [-0.1, -0.05) is 26.8 Å². The fraction of sp³-hybridized carbons (Fsp3) is 0.500. The first kappa shape index (κ1) is 14.9. The number of ether oxygens (including phenoxy) is 1. The van der Waals surface area contributed by atoms with Gasteiger partial charge in [-0.2, -0.15) is 11.8 Å². The van der Waals surface area contributed by atoms with E-state index >= 15 is 0 Å². The zero-order chi connectivity index (χ0) is 13.7. The summed E-state index contributed by atoms with van der Waals surface area (Å²) in [4.78, 5) is 0. The molecule has 0 aliphatic rings. The maximum Gasteiger partial charge on any atom is 0.129 e. The van der Waals surface area contributed by atoms with Crippen LogP contribution in [0.5, 0.6) is 5.75 Å². The molecule has 1 aromatic carbocycles. The van der Waals surface area contributed by atoms with Gasteiger partial charge in [0.2, 0.25) is 0 Å². The van der Waals surface area contributed by atoms with Crippen LogP contribution in [-0.4, -0.2) is 18.2 Å². The van der Waals surface area contributed by atoms with Crippen molar-refractivity contribution in [2.45, 2.75) is 31.8 Å². The molecule has 1 unspecified atom stereocenters. The first-order valence-electron chi connectivity index (χ1n) is 6.08. The lowest BCUT2D eigenvalue weighted by molar-refractivity contribution is 0.413. The number of hydrogen-bond donors (Lipinski definition) is 2. The van der Waals surface area contributed by atoms with E-state index in [0.717, 1.165) is 5.75 Å². The van der Waals surface area contributed by atoms with Gasteiger partial charge in [-0.3, -0.25) is 5.41 Å². The lowest BCUT2D eigenvalue weighted by Gasteiger charge is -2.15. The second-order valence-corrected chi connectivity index (χ2v) is 6.07. The van der Waals surface area contributed by atoms with Crippen LogP contribution in [0.4, 0.5) is 0 Å². The summed E-state index contributed by atoms with van der Waals surface area (Å²) in [6.07, 6.45) is 0. The van der Waals surface area contributed by atoms with Gasteiger partial charge in [0.15, 0.2) is 0 Å². The molecule has 18 heavy (non-hydrogen) atoms. The monoisotopic (exact) mass is 266 g/mol. The molecule has 0 aliphatic heterocycles. The van der Waals surface area contributed by atoms with Gasteiger partial charge in [0, 0.05) is 11.0 Å². The van der Waals surface area contributed by atoms with E-state index in [1.807, 2.05) is 30.0 Å². The van der Waals surface area contributed by atoms with Crippen LogP contribution in [0.3, 0.4) is 0 Å². The highest BCUT2D eigenvalue weighted by Gasteiger charge is 2.10. The molecule has 1 aromatic rings. The number of methoxy groups -OCH3 is 1. The summed E-state index contributed by atoms with van der Waals surface area (Å²) >= 11 is 1.92. The highest BCUT2D eigenvalue weighted by molar-refractivity contribution is 7.99. The summed E-state index contributed by atoms with van der Waals surface area (Å²) < 4.78 is 5.20. The van der Waals surface area contributed by atoms with Crippen molar-refractivity contribution in [3.63, 3.8) is 0 Å². The molecule has 0 saturated heterocycles. The van der Waals surface area contributed by atoms with Crippen LogP contribution in [0.25, 0.3) is 0 Å². The van der Waals surface area contributed by atoms with Crippen LogP contribution >= 0.6 is 11.8 Å². The van der Waals surface area contributed by atoms with Crippen molar-refractivity contribution in [3.8, 4) is 5.75 Å². The predicted molar refractivity (Wildman–Crippen MR) is 79.6 cm³/mol. The molecule has 0 aliphatic carbocycles. The molecule has 3 nitrogen and oxygen atoms in total. The standard InChI is InChI=1S/C14H22N2OS/c1-9(2)10(3)18-8-11-5-6-13(17-4)12(7-11)14(15)16/h5-7,9-10H,8H2,1-4H3,(H3,15,16). The smallest absolute Gasteiger partial charge is 0.129 e. The highest BCUT2D eigenvalue weighted by atomic mass is 32.2. The van der Waals surface area contributed by atoms with Crippen molar-refractivity contribution in [2.75, 3.05) is 7.11 Å². The average molecular weight is 266 g/mol. The SMILES string of the molecule is COc1ccc(CSC(C)C(C)C)cc1C(=N)N. The molecule has 1 atom stereocenters. The predicted octanol–water partition coefficient (Wildman–Crippen LogP) is 3.26. The Bertz CT molecular complexity index is 418. The van der Waals surface area contributed by atoms with Crippen LogP contribution in [0.1, 0.15) is 31.9 Å². The molecule has 0 aromatic heterocycles. The number of nitrogen functional groups attached to an aromatic ring is 1. The van der Waals surface area contributed by atoms with E-state index in [1.54, 1.807) is 7.11 Å². The van der Waals surface area contributed by atoms with Crippen LogP contribution < -0.4 is 10.5 Å². The summed E-state index contributed by atoms with van der Waals surface area (Å²) in [7, 11) is 1.59. The molecule has 4 heteroatoms. The second-order valence-electron chi connectivity index (χ2n) is 4.71. The number of benzene rings is 1. The summed E-state index contributed by atoms with van der Waals surface area (Å²) in [5.74, 6) is 2.31. The lowest BCUT2D eigenvalue weighted by atomic mass is 10.1. The van der Waals surface area contributed by atoms with Crippen molar-refractivity contribution in [3.05, 3.63) is 29.3 Å². The summed E-state index contributed by atoms with van der Waals surface area (Å²) in [6.45, 7) is 6.70. The second kappa shape index (κ2) is 6.69. The number of hydrogen-bond acceptors (Lipinski definition) is 3. The van der Waals surface area contributed by atoms with Gasteiger partial charge < -0.3 is 10.5 Å². The molecule has 0 radical (unpaired) electrons. The zero-order valence-electron chi connectivity index (χ0n) is 11.5. The minimum Gasteiger partial charge on any atom is -0.496 e. The van der Waals surface area contributed by atoms with E-state index in [9.17, 15) is 0 Å². The van der Waals surface area contributed by atoms with Gasteiger partial charge in [-0.25, -0.2) is 0 Å². The molecule has 0 spiro atoms. The summed E-state index contributed by atoms with van der Waals surface area (Å²) in [5.41, 5.74) is 7.41. The number of nitrogens with one attached hydrogen (secondary N) is 1. The molecule has 0 bridgehead atoms. The maximum absolute atomic E-state index is 7.55. The van der Waals surface area contributed by atoms with Crippen molar-refractivity contribution >= 4 is 17.6 Å². The topological polar surface area (TPSA) is 59.1 Å². The van der Waals surface area contributed by atoms with Crippen molar-refractivity contribution < 1.29 is 4.74 Å². The Morgan fingerprint density at radius 1 is 1.39 bits per heavy atom. The van der Waals surface area contributed by atoms with Crippen LogP contribution in [0.2, 0.25) is 0 Å². The molecule has 3 N–H and O–H groups in total. The zero-order valence-corrected chi connectivity index (χ0v) is 12.3. The number of rotatable bonds is 6. The first-order valence-corrected chi connectivity index (χ1v) is 7.13. The van der Waals surface area contributed by atoms with Crippen molar-refractivity contribution in [2.24, 2.45) is 11.7 Å². The largest absolute Gasteiger partial charge is 0.496 e. The Balaban J connectivity index is 2.79. The fourth-order valence-electron chi connectivity index (χ4n) is 1.48. The van der Waals surface area contributed by atoms with E-state index in [2.05, 4.69) is 20.8 Å². The average Bonchev–Trinajstić information content (AvgIpc) is 2.35. The maximum atomic E-state index is 7.55. The summed E-state index contributed by atoms with van der Waals surface area (Å²) in [5, 5.41) is 8.17. The molecule has 100 valence electrons. The molecule has 0 saturated carbocycles. The molecule has 0 heterocycles. The minimum absolute atomic E-state index is 0.0515. The Kier molecular flexibility index (Phi) is 5.54. The Labute approximate surface area is 114 Å². The number of amidine groups is 1. The van der Waals surface area contributed by atoms with Crippen molar-refractivity contribution in [1.82, 2.24) is 0 Å². The fourth-order valence-corrected chi connectivity index (χ4v) is 2.50. The summed E-state index contributed by atoms with van der Waals surface area (Å²) in [6, 6.07) is 5.86. The van der Waals surface area contributed by atoms with E-state index < -0.39 is 0 Å². The third-order valence-corrected chi connectivity index (χ3v) is 4.58. The van der Waals surface area contributed by atoms with E-state index in [1.165, 1.54) is 5.56 Å². The number of nitrogens with two attached hydrogens (primary N) is 1. The van der Waals surface area contributed by atoms with E-state index in [-0.39, 0.29) is 5.84 Å². The van der Waals surface area contributed by atoms with E-state index in [0.29, 0.717) is 22.5 Å². The normalized spacial score (nSPS) is 12.5. The van der Waals surface area contributed by atoms with Gasteiger partial charge in [0.1, 0.15) is 11.6 Å². The first-order chi connectivity index (χ1) is 8.45. The minimum atomic E-state index is 0.0515. The third-order valence-electron chi connectivity index (χ3n) is 3.01. The van der Waals surface area contributed by atoms with Crippen molar-refractivity contribution in [1.29, 1.82) is 5.41 Å². The Hall–Kier alpha value is -1.16. The van der Waals surface area contributed by atoms with Crippen LogP contribution in [-0.2, 0) is 5.75 Å². The van der Waals surface area contributed by atoms with Crippen LogP contribution in [0.15, 0.2) is 18.2 Å². The lowest BCUT2D eigenvalue weighted by Crippen LogP contribution is -2.13. The van der Waals surface area contributed by atoms with Gasteiger partial charge in [0.05, 0.1) is 12.7 Å². The van der Waals surface area contributed by atoms with Crippen LogP contribution in [0, 0.1) is 11.3 Å². The Morgan fingerprint density at radius 2 is 2.06 bits per heavy atom. The van der Waals surface area contributed by atoms with Gasteiger partial charge >= 0.3 is 0 Å². The third kappa shape index (κ3) is 3.95. The highest BCUT2D eigenvalue weighted by Crippen LogP contribution is 2.26.